The fraction of sp³-hybridized carbons (Fsp3) is 0.364. The maximum Gasteiger partial charge on any atom is 0.264 e. The Morgan fingerprint density at radius 2 is 1.81 bits per heavy atom. The van der Waals surface area contributed by atoms with Gasteiger partial charge in [0.2, 0.25) is 5.91 Å². The monoisotopic (exact) mass is 474 g/mol. The number of nitrogens with zero attached hydrogens (tertiary/aromatic N) is 2. The second-order valence-electron chi connectivity index (χ2n) is 7.26. The third-order valence-corrected chi connectivity index (χ3v) is 7.18. The lowest BCUT2D eigenvalue weighted by Crippen LogP contribution is -2.31. The van der Waals surface area contributed by atoms with Crippen molar-refractivity contribution in [2.24, 2.45) is 0 Å². The third kappa shape index (κ3) is 6.31. The van der Waals surface area contributed by atoms with Gasteiger partial charge >= 0.3 is 0 Å². The van der Waals surface area contributed by atoms with E-state index in [4.69, 9.17) is 10.00 Å². The zero-order chi connectivity index (χ0) is 23.0. The first kappa shape index (κ1) is 23.8. The van der Waals surface area contributed by atoms with Crippen LogP contribution in [0.2, 0.25) is 0 Å². The van der Waals surface area contributed by atoms with Crippen LogP contribution in [-0.4, -0.2) is 46.0 Å². The van der Waals surface area contributed by atoms with Gasteiger partial charge in [0.05, 0.1) is 30.4 Å². The number of thioether (sulfide) groups is 1. The molecule has 0 aromatic heterocycles. The number of anilines is 3. The minimum absolute atomic E-state index is 0.109. The van der Waals surface area contributed by atoms with Gasteiger partial charge in [0.25, 0.3) is 10.0 Å². The molecule has 32 heavy (non-hydrogen) atoms. The fourth-order valence-corrected chi connectivity index (χ4v) is 5.22. The Bertz CT molecular complexity index is 1080. The minimum Gasteiger partial charge on any atom is -0.497 e. The molecule has 0 bridgehead atoms. The van der Waals surface area contributed by atoms with E-state index in [9.17, 15) is 13.2 Å². The van der Waals surface area contributed by atoms with E-state index in [1.165, 1.54) is 17.8 Å². The van der Waals surface area contributed by atoms with Gasteiger partial charge in [-0.1, -0.05) is 0 Å². The number of nitriles is 1. The number of nitrogens with one attached hydrogen (secondary N) is 2. The smallest absolute Gasteiger partial charge is 0.264 e. The number of carbonyl (C=O) groups is 1. The standard InChI is InChI=1S/C22H26N4O4S2/c1-30-19-8-5-17(6-9-19)25-32(28,29)21-15-18(24-22(27)16-31-14-11-23)7-10-20(21)26-12-3-2-4-13-26/h5-10,15,25H,2-4,12-14,16H2,1H3,(H,24,27). The molecule has 1 amide bonds. The van der Waals surface area contributed by atoms with Crippen molar-refractivity contribution in [2.45, 2.75) is 24.2 Å². The Morgan fingerprint density at radius 3 is 2.47 bits per heavy atom. The van der Waals surface area contributed by atoms with Crippen LogP contribution in [0.1, 0.15) is 19.3 Å². The predicted octanol–water partition coefficient (Wildman–Crippen LogP) is 3.68. The Balaban J connectivity index is 1.89. The van der Waals surface area contributed by atoms with Gasteiger partial charge in [0.1, 0.15) is 10.6 Å². The highest BCUT2D eigenvalue weighted by molar-refractivity contribution is 8.00. The van der Waals surface area contributed by atoms with Crippen molar-refractivity contribution >= 4 is 44.8 Å². The number of hydrogen-bond acceptors (Lipinski definition) is 7. The molecule has 2 aromatic rings. The van der Waals surface area contributed by atoms with Gasteiger partial charge in [0.15, 0.2) is 0 Å². The topological polar surface area (TPSA) is 112 Å². The van der Waals surface area contributed by atoms with E-state index in [2.05, 4.69) is 14.9 Å². The number of hydrogen-bond donors (Lipinski definition) is 2. The highest BCUT2D eigenvalue weighted by atomic mass is 32.2. The van der Waals surface area contributed by atoms with Crippen LogP contribution in [0.3, 0.4) is 0 Å². The number of ether oxygens (including phenoxy) is 1. The van der Waals surface area contributed by atoms with E-state index in [1.54, 1.807) is 43.5 Å². The molecule has 170 valence electrons. The van der Waals surface area contributed by atoms with Crippen molar-refractivity contribution < 1.29 is 17.9 Å². The summed E-state index contributed by atoms with van der Waals surface area (Å²) < 4.78 is 34.4. The summed E-state index contributed by atoms with van der Waals surface area (Å²) in [4.78, 5) is 14.3. The molecule has 0 aliphatic carbocycles. The van der Waals surface area contributed by atoms with E-state index in [1.807, 2.05) is 6.07 Å². The minimum atomic E-state index is -3.92. The molecule has 0 spiro atoms. The molecule has 1 saturated heterocycles. The van der Waals surface area contributed by atoms with Crippen LogP contribution in [-0.2, 0) is 14.8 Å². The van der Waals surface area contributed by atoms with Crippen LogP contribution in [0.5, 0.6) is 5.75 Å². The molecule has 2 aromatic carbocycles. The van der Waals surface area contributed by atoms with Gasteiger partial charge in [-0.2, -0.15) is 5.26 Å². The summed E-state index contributed by atoms with van der Waals surface area (Å²) in [5, 5.41) is 11.3. The summed E-state index contributed by atoms with van der Waals surface area (Å²) in [6, 6.07) is 13.5. The number of sulfonamides is 1. The average Bonchev–Trinajstić information content (AvgIpc) is 2.80. The van der Waals surface area contributed by atoms with Crippen LogP contribution >= 0.6 is 11.8 Å². The molecule has 8 nitrogen and oxygen atoms in total. The van der Waals surface area contributed by atoms with Gasteiger partial charge in [-0.15, -0.1) is 11.8 Å². The van der Waals surface area contributed by atoms with Crippen LogP contribution < -0.4 is 19.7 Å². The summed E-state index contributed by atoms with van der Waals surface area (Å²) in [5.74, 6) is 0.670. The number of benzene rings is 2. The largest absolute Gasteiger partial charge is 0.497 e. The lowest BCUT2D eigenvalue weighted by molar-refractivity contribution is -0.113. The number of carbonyl (C=O) groups excluding carboxylic acids is 1. The van der Waals surface area contributed by atoms with Gasteiger partial charge in [-0.05, 0) is 61.7 Å². The molecule has 2 N–H and O–H groups in total. The van der Waals surface area contributed by atoms with Gasteiger partial charge in [0, 0.05) is 24.5 Å². The molecule has 1 heterocycles. The summed E-state index contributed by atoms with van der Waals surface area (Å²) in [6.45, 7) is 1.56. The molecule has 1 aliphatic heterocycles. The molecule has 3 rings (SSSR count). The van der Waals surface area contributed by atoms with Crippen LogP contribution in [0, 0.1) is 11.3 Å². The molecule has 1 fully saturated rings. The summed E-state index contributed by atoms with van der Waals surface area (Å²) in [7, 11) is -2.38. The lowest BCUT2D eigenvalue weighted by Gasteiger charge is -2.30. The summed E-state index contributed by atoms with van der Waals surface area (Å²) >= 11 is 1.20. The molecule has 1 aliphatic rings. The number of amides is 1. The molecule has 0 atom stereocenters. The van der Waals surface area contributed by atoms with Crippen molar-refractivity contribution in [1.29, 1.82) is 5.26 Å². The van der Waals surface area contributed by atoms with E-state index >= 15 is 0 Å². The van der Waals surface area contributed by atoms with Crippen molar-refractivity contribution in [3.63, 3.8) is 0 Å². The maximum absolute atomic E-state index is 13.3. The third-order valence-electron chi connectivity index (χ3n) is 4.97. The van der Waals surface area contributed by atoms with Crippen molar-refractivity contribution in [3.8, 4) is 11.8 Å². The van der Waals surface area contributed by atoms with Crippen molar-refractivity contribution in [1.82, 2.24) is 0 Å². The fourth-order valence-electron chi connectivity index (χ4n) is 3.46. The van der Waals surface area contributed by atoms with E-state index in [-0.39, 0.29) is 22.3 Å². The van der Waals surface area contributed by atoms with E-state index in [0.29, 0.717) is 22.8 Å². The maximum atomic E-state index is 13.3. The first-order valence-corrected chi connectivity index (χ1v) is 12.9. The van der Waals surface area contributed by atoms with Crippen LogP contribution in [0.25, 0.3) is 0 Å². The Hall–Kier alpha value is -2.90. The number of rotatable bonds is 9. The van der Waals surface area contributed by atoms with Gasteiger partial charge in [-0.25, -0.2) is 8.42 Å². The normalized spacial score (nSPS) is 13.8. The quantitative estimate of drug-likeness (QED) is 0.533. The molecular weight excluding hydrogens is 448 g/mol. The molecule has 10 heteroatoms. The van der Waals surface area contributed by atoms with E-state index < -0.39 is 10.0 Å². The molecule has 0 radical (unpaired) electrons. The van der Waals surface area contributed by atoms with Gasteiger partial charge in [-0.3, -0.25) is 9.52 Å². The SMILES string of the molecule is COc1ccc(NS(=O)(=O)c2cc(NC(=O)CSCC#N)ccc2N2CCCCC2)cc1. The second kappa shape index (κ2) is 11.1. The zero-order valence-electron chi connectivity index (χ0n) is 17.8. The first-order valence-electron chi connectivity index (χ1n) is 10.2. The summed E-state index contributed by atoms with van der Waals surface area (Å²) in [5.41, 5.74) is 1.42. The summed E-state index contributed by atoms with van der Waals surface area (Å²) in [6.07, 6.45) is 3.12. The van der Waals surface area contributed by atoms with Gasteiger partial charge < -0.3 is 15.0 Å². The molecular formula is C22H26N4O4S2. The lowest BCUT2D eigenvalue weighted by atomic mass is 10.1. The Labute approximate surface area is 193 Å². The number of methoxy groups -OCH3 is 1. The Kier molecular flexibility index (Phi) is 8.25. The molecule has 0 unspecified atom stereocenters. The van der Waals surface area contributed by atoms with E-state index in [0.717, 1.165) is 32.4 Å². The van der Waals surface area contributed by atoms with Crippen LogP contribution in [0.15, 0.2) is 47.4 Å². The van der Waals surface area contributed by atoms with Crippen LogP contribution in [0.4, 0.5) is 17.1 Å². The number of piperidine rings is 1. The van der Waals surface area contributed by atoms with Crippen molar-refractivity contribution in [2.75, 3.05) is 46.6 Å². The van der Waals surface area contributed by atoms with Crippen molar-refractivity contribution in [3.05, 3.63) is 42.5 Å². The Morgan fingerprint density at radius 1 is 1.12 bits per heavy atom. The highest BCUT2D eigenvalue weighted by Gasteiger charge is 2.24. The average molecular weight is 475 g/mol. The second-order valence-corrected chi connectivity index (χ2v) is 9.90. The zero-order valence-corrected chi connectivity index (χ0v) is 19.5. The predicted molar refractivity (Wildman–Crippen MR) is 128 cm³/mol. The highest BCUT2D eigenvalue weighted by Crippen LogP contribution is 2.32. The molecule has 0 saturated carbocycles. The first-order chi connectivity index (χ1) is 15.4.